The number of hydrogen-bond donors (Lipinski definition) is 1. The van der Waals surface area contributed by atoms with Crippen molar-refractivity contribution in [3.8, 4) is 6.07 Å². The van der Waals surface area contributed by atoms with Crippen LogP contribution in [-0.2, 0) is 23.3 Å². The maximum atomic E-state index is 13.1. The van der Waals surface area contributed by atoms with Crippen LogP contribution in [0, 0.1) is 11.3 Å². The summed E-state index contributed by atoms with van der Waals surface area (Å²) in [5, 5.41) is 26.4. The Balaban J connectivity index is 0.941. The number of pyridine rings is 1. The highest BCUT2D eigenvalue weighted by Crippen LogP contribution is 2.37. The first-order valence-corrected chi connectivity index (χ1v) is 16.1. The summed E-state index contributed by atoms with van der Waals surface area (Å²) in [6.07, 6.45) is 10.6. The van der Waals surface area contributed by atoms with E-state index in [2.05, 4.69) is 66.4 Å². The number of aromatic nitrogens is 7. The van der Waals surface area contributed by atoms with Crippen molar-refractivity contribution in [1.29, 1.82) is 5.26 Å². The van der Waals surface area contributed by atoms with E-state index in [9.17, 15) is 10.1 Å². The highest BCUT2D eigenvalue weighted by atomic mass is 16.2. The molecule has 15 heteroatoms. The van der Waals surface area contributed by atoms with E-state index in [1.807, 2.05) is 40.3 Å². The molecule has 0 saturated carbocycles. The molecule has 0 spiro atoms. The quantitative estimate of drug-likeness (QED) is 0.269. The second-order valence-electron chi connectivity index (χ2n) is 12.8. The highest BCUT2D eigenvalue weighted by molar-refractivity contribution is 5.76. The first kappa shape index (κ1) is 30.2. The summed E-state index contributed by atoms with van der Waals surface area (Å²) < 4.78 is 5.37. The molecule has 3 fully saturated rings. The SMILES string of the molecule is CCc1cnn(C2(CC#N)CN(c3cccn4nc(Nc5cnn(CC(=O)N6CCN(CN7CCN(C)CC7)CC6)c5)nc34)C2)c1. The van der Waals surface area contributed by atoms with Crippen molar-refractivity contribution < 1.29 is 4.79 Å². The van der Waals surface area contributed by atoms with E-state index < -0.39 is 0 Å². The number of likely N-dealkylation sites (N-methyl/N-ethyl adjacent to an activating group) is 1. The Hall–Kier alpha value is -4.52. The summed E-state index contributed by atoms with van der Waals surface area (Å²) >= 11 is 0. The third kappa shape index (κ3) is 6.15. The maximum absolute atomic E-state index is 13.1. The number of hydrogen-bond acceptors (Lipinski definition) is 11. The number of nitrogens with zero attached hydrogens (tertiary/aromatic N) is 13. The fourth-order valence-electron chi connectivity index (χ4n) is 6.61. The number of carbonyl (C=O) groups excluding carboxylic acids is 1. The summed E-state index contributed by atoms with van der Waals surface area (Å²) in [7, 11) is 2.18. The zero-order chi connectivity index (χ0) is 31.7. The van der Waals surface area contributed by atoms with E-state index in [1.165, 1.54) is 0 Å². The molecule has 0 atom stereocenters. The van der Waals surface area contributed by atoms with E-state index in [0.29, 0.717) is 31.1 Å². The van der Waals surface area contributed by atoms with E-state index >= 15 is 0 Å². The van der Waals surface area contributed by atoms with Gasteiger partial charge in [0.2, 0.25) is 11.9 Å². The van der Waals surface area contributed by atoms with Crippen LogP contribution in [0.4, 0.5) is 17.3 Å². The molecule has 4 aromatic rings. The Morgan fingerprint density at radius 1 is 1.02 bits per heavy atom. The van der Waals surface area contributed by atoms with Crippen LogP contribution >= 0.6 is 0 Å². The second-order valence-corrected chi connectivity index (χ2v) is 12.8. The van der Waals surface area contributed by atoms with Crippen molar-refractivity contribution in [2.45, 2.75) is 31.8 Å². The van der Waals surface area contributed by atoms with Crippen molar-refractivity contribution in [3.05, 3.63) is 48.7 Å². The summed E-state index contributed by atoms with van der Waals surface area (Å²) in [6.45, 7) is 12.3. The molecule has 0 aromatic carbocycles. The predicted molar refractivity (Wildman–Crippen MR) is 173 cm³/mol. The fraction of sp³-hybridized carbons (Fsp3) is 0.548. The zero-order valence-corrected chi connectivity index (χ0v) is 26.7. The first-order valence-electron chi connectivity index (χ1n) is 16.1. The van der Waals surface area contributed by atoms with Crippen molar-refractivity contribution in [2.24, 2.45) is 0 Å². The van der Waals surface area contributed by atoms with Gasteiger partial charge in [0.15, 0.2) is 5.65 Å². The lowest BCUT2D eigenvalue weighted by molar-refractivity contribution is -0.134. The third-order valence-electron chi connectivity index (χ3n) is 9.50. The molecule has 7 heterocycles. The number of anilines is 3. The fourth-order valence-corrected chi connectivity index (χ4v) is 6.61. The van der Waals surface area contributed by atoms with Gasteiger partial charge in [-0.25, -0.2) is 4.52 Å². The molecule has 46 heavy (non-hydrogen) atoms. The molecule has 7 rings (SSSR count). The van der Waals surface area contributed by atoms with Gasteiger partial charge in [-0.05, 0) is 31.2 Å². The van der Waals surface area contributed by atoms with Crippen LogP contribution in [0.5, 0.6) is 0 Å². The Labute approximate surface area is 268 Å². The smallest absolute Gasteiger partial charge is 0.247 e. The molecule has 3 saturated heterocycles. The minimum atomic E-state index is -0.361. The van der Waals surface area contributed by atoms with Crippen molar-refractivity contribution in [1.82, 2.24) is 53.8 Å². The first-order chi connectivity index (χ1) is 22.4. The monoisotopic (exact) mass is 626 g/mol. The minimum Gasteiger partial charge on any atom is -0.363 e. The summed E-state index contributed by atoms with van der Waals surface area (Å²) in [4.78, 5) is 29.3. The molecule has 242 valence electrons. The number of carbonyl (C=O) groups is 1. The molecule has 15 nitrogen and oxygen atoms in total. The third-order valence-corrected chi connectivity index (χ3v) is 9.50. The van der Waals surface area contributed by atoms with Crippen LogP contribution in [0.15, 0.2) is 43.1 Å². The maximum Gasteiger partial charge on any atom is 0.247 e. The lowest BCUT2D eigenvalue weighted by Crippen LogP contribution is -2.63. The Morgan fingerprint density at radius 2 is 1.78 bits per heavy atom. The van der Waals surface area contributed by atoms with Gasteiger partial charge >= 0.3 is 0 Å². The molecule has 1 amide bonds. The van der Waals surface area contributed by atoms with Crippen LogP contribution in [0.25, 0.3) is 5.65 Å². The molecular weight excluding hydrogens is 584 g/mol. The molecular formula is C31H42N14O. The minimum absolute atomic E-state index is 0.0763. The predicted octanol–water partition coefficient (Wildman–Crippen LogP) is 0.907. The van der Waals surface area contributed by atoms with Crippen LogP contribution in [0.1, 0.15) is 18.9 Å². The van der Waals surface area contributed by atoms with Gasteiger partial charge in [0, 0.05) is 84.0 Å². The van der Waals surface area contributed by atoms with Crippen LogP contribution in [0.2, 0.25) is 0 Å². The number of nitrogens with one attached hydrogen (secondary N) is 1. The van der Waals surface area contributed by atoms with E-state index in [4.69, 9.17) is 4.98 Å². The Morgan fingerprint density at radius 3 is 2.50 bits per heavy atom. The lowest BCUT2D eigenvalue weighted by Gasteiger charge is -2.50. The standard InChI is InChI=1S/C31H42N14O/c1-3-25-17-34-45(19-25)31(6-7-32)22-42(23-31)27-5-4-8-44-29(27)36-30(37-44)35-26-18-33-43(20-26)21-28(46)41-15-13-40(14-16-41)24-39-11-9-38(2)10-12-39/h4-5,8,17-20H,3,6,9-16,21-24H2,1-2H3,(H,35,37). The molecule has 0 radical (unpaired) electrons. The zero-order valence-electron chi connectivity index (χ0n) is 26.7. The van der Waals surface area contributed by atoms with Gasteiger partial charge < -0.3 is 20.0 Å². The van der Waals surface area contributed by atoms with Gasteiger partial charge in [-0.2, -0.15) is 20.4 Å². The van der Waals surface area contributed by atoms with E-state index in [1.54, 1.807) is 15.4 Å². The normalized spacial score (nSPS) is 19.3. The summed E-state index contributed by atoms with van der Waals surface area (Å²) in [5.41, 5.74) is 3.18. The van der Waals surface area contributed by atoms with Crippen molar-refractivity contribution >= 4 is 28.9 Å². The second kappa shape index (κ2) is 12.7. The van der Waals surface area contributed by atoms with Crippen LogP contribution in [0.3, 0.4) is 0 Å². The highest BCUT2D eigenvalue weighted by Gasteiger charge is 2.46. The van der Waals surface area contributed by atoms with E-state index in [-0.39, 0.29) is 18.0 Å². The number of nitriles is 1. The number of amides is 1. The molecule has 0 aliphatic carbocycles. The Kier molecular flexibility index (Phi) is 8.33. The average Bonchev–Trinajstić information content (AvgIpc) is 3.80. The Bertz CT molecular complexity index is 1690. The summed E-state index contributed by atoms with van der Waals surface area (Å²) in [5.74, 6) is 0.519. The van der Waals surface area contributed by atoms with Crippen LogP contribution < -0.4 is 10.2 Å². The number of piperazine rings is 2. The van der Waals surface area contributed by atoms with Crippen molar-refractivity contribution in [3.63, 3.8) is 0 Å². The number of fused-ring (bicyclic) bond motifs is 1. The molecule has 0 bridgehead atoms. The van der Waals surface area contributed by atoms with Gasteiger partial charge in [-0.3, -0.25) is 24.0 Å². The van der Waals surface area contributed by atoms with Gasteiger partial charge in [-0.15, -0.1) is 5.10 Å². The van der Waals surface area contributed by atoms with E-state index in [0.717, 1.165) is 82.3 Å². The molecule has 4 aromatic heterocycles. The van der Waals surface area contributed by atoms with Gasteiger partial charge in [0.05, 0.1) is 42.9 Å². The molecule has 1 N–H and O–H groups in total. The average molecular weight is 627 g/mol. The number of aryl methyl sites for hydroxylation is 1. The van der Waals surface area contributed by atoms with Crippen LogP contribution in [-0.4, -0.2) is 139 Å². The largest absolute Gasteiger partial charge is 0.363 e. The molecule has 0 unspecified atom stereocenters. The topological polar surface area (TPSA) is 135 Å². The van der Waals surface area contributed by atoms with Gasteiger partial charge in [0.25, 0.3) is 0 Å². The molecule has 3 aliphatic rings. The van der Waals surface area contributed by atoms with Crippen molar-refractivity contribution in [2.75, 3.05) is 89.4 Å². The summed E-state index contributed by atoms with van der Waals surface area (Å²) in [6, 6.07) is 6.34. The van der Waals surface area contributed by atoms with Gasteiger partial charge in [0.1, 0.15) is 12.1 Å². The lowest BCUT2D eigenvalue weighted by atomic mass is 9.86. The molecule has 3 aliphatic heterocycles. The number of rotatable bonds is 10. The van der Waals surface area contributed by atoms with Gasteiger partial charge in [-0.1, -0.05) is 6.92 Å².